The number of carbonyl (C=O) groups excluding carboxylic acids is 2. The van der Waals surface area contributed by atoms with Gasteiger partial charge in [0.05, 0.1) is 22.9 Å². The topological polar surface area (TPSA) is 77.5 Å². The Morgan fingerprint density at radius 1 is 1.00 bits per heavy atom. The minimum Gasteiger partial charge on any atom is -0.497 e. The fourth-order valence-electron chi connectivity index (χ4n) is 3.25. The Balaban J connectivity index is 1.52. The van der Waals surface area contributed by atoms with Gasteiger partial charge in [-0.3, -0.25) is 4.79 Å². The van der Waals surface area contributed by atoms with E-state index in [4.69, 9.17) is 9.47 Å². The van der Waals surface area contributed by atoms with Crippen molar-refractivity contribution in [2.24, 2.45) is 0 Å². The van der Waals surface area contributed by atoms with Gasteiger partial charge in [0.15, 0.2) is 6.10 Å². The van der Waals surface area contributed by atoms with Crippen molar-refractivity contribution in [1.82, 2.24) is 4.98 Å². The Morgan fingerprint density at radius 2 is 1.72 bits per heavy atom. The van der Waals surface area contributed by atoms with Crippen LogP contribution in [0.3, 0.4) is 0 Å². The maximum absolute atomic E-state index is 13.0. The van der Waals surface area contributed by atoms with Crippen molar-refractivity contribution in [3.05, 3.63) is 78.4 Å². The van der Waals surface area contributed by atoms with Crippen LogP contribution in [0.25, 0.3) is 20.8 Å². The molecule has 1 N–H and O–H groups in total. The molecule has 4 aromatic rings. The molecule has 4 rings (SSSR count). The molecule has 1 heterocycles. The number of hydrogen-bond acceptors (Lipinski definition) is 6. The average Bonchev–Trinajstić information content (AvgIpc) is 3.27. The summed E-state index contributed by atoms with van der Waals surface area (Å²) in [6.45, 7) is 1.80. The number of rotatable bonds is 7. The second-order valence-electron chi connectivity index (χ2n) is 7.05. The van der Waals surface area contributed by atoms with Gasteiger partial charge in [-0.15, -0.1) is 11.3 Å². The van der Waals surface area contributed by atoms with E-state index in [1.165, 1.54) is 11.3 Å². The van der Waals surface area contributed by atoms with Crippen molar-refractivity contribution in [1.29, 1.82) is 0 Å². The number of nitrogens with zero attached hydrogens (tertiary/aromatic N) is 1. The van der Waals surface area contributed by atoms with Gasteiger partial charge in [0, 0.05) is 11.3 Å². The lowest BCUT2D eigenvalue weighted by molar-refractivity contribution is -0.124. The van der Waals surface area contributed by atoms with E-state index >= 15 is 0 Å². The predicted molar refractivity (Wildman–Crippen MR) is 126 cm³/mol. The summed E-state index contributed by atoms with van der Waals surface area (Å²) in [7, 11) is 1.58. The molecule has 0 saturated heterocycles. The van der Waals surface area contributed by atoms with E-state index in [1.807, 2.05) is 36.4 Å². The van der Waals surface area contributed by atoms with Crippen LogP contribution in [0.5, 0.6) is 5.75 Å². The van der Waals surface area contributed by atoms with Crippen molar-refractivity contribution in [2.45, 2.75) is 19.4 Å². The minimum atomic E-state index is -0.923. The molecule has 3 aromatic carbocycles. The molecule has 0 spiro atoms. The monoisotopic (exact) mass is 446 g/mol. The molecule has 0 fully saturated rings. The van der Waals surface area contributed by atoms with Crippen LogP contribution in [0.1, 0.15) is 23.7 Å². The summed E-state index contributed by atoms with van der Waals surface area (Å²) in [5.74, 6) is -0.256. The Morgan fingerprint density at radius 3 is 2.44 bits per heavy atom. The lowest BCUT2D eigenvalue weighted by Gasteiger charge is -2.17. The third-order valence-electron chi connectivity index (χ3n) is 4.94. The summed E-state index contributed by atoms with van der Waals surface area (Å²) in [6, 6.07) is 21.9. The van der Waals surface area contributed by atoms with Crippen LogP contribution < -0.4 is 10.1 Å². The van der Waals surface area contributed by atoms with E-state index in [-0.39, 0.29) is 5.91 Å². The zero-order chi connectivity index (χ0) is 22.5. The molecule has 0 radical (unpaired) electrons. The standard InChI is InChI=1S/C25H22N2O4S/c1-3-21(23(28)26-16-12-14-17(30-2)15-13-16)31-25(29)19-9-5-4-8-18(19)24-27-20-10-6-7-11-22(20)32-24/h4-15,21H,3H2,1-2H3,(H,26,28). The molecule has 1 amide bonds. The van der Waals surface area contributed by atoms with Crippen LogP contribution in [-0.2, 0) is 9.53 Å². The molecular weight excluding hydrogens is 424 g/mol. The van der Waals surface area contributed by atoms with Crippen LogP contribution in [-0.4, -0.2) is 30.1 Å². The fraction of sp³-hybridized carbons (Fsp3) is 0.160. The number of nitrogens with one attached hydrogen (secondary N) is 1. The molecule has 0 saturated carbocycles. The van der Waals surface area contributed by atoms with E-state index < -0.39 is 12.1 Å². The normalized spacial score (nSPS) is 11.7. The Kier molecular flexibility index (Phi) is 6.47. The molecule has 6 nitrogen and oxygen atoms in total. The molecule has 0 aliphatic carbocycles. The number of ether oxygens (including phenoxy) is 2. The van der Waals surface area contributed by atoms with Crippen LogP contribution >= 0.6 is 11.3 Å². The summed E-state index contributed by atoms with van der Waals surface area (Å²) in [5, 5.41) is 3.51. The van der Waals surface area contributed by atoms with Gasteiger partial charge in [-0.2, -0.15) is 0 Å². The van der Waals surface area contributed by atoms with Crippen LogP contribution in [0.15, 0.2) is 72.8 Å². The second-order valence-corrected chi connectivity index (χ2v) is 8.08. The summed E-state index contributed by atoms with van der Waals surface area (Å²) in [4.78, 5) is 30.4. The highest BCUT2D eigenvalue weighted by molar-refractivity contribution is 7.21. The van der Waals surface area contributed by atoms with Crippen molar-refractivity contribution in [2.75, 3.05) is 12.4 Å². The van der Waals surface area contributed by atoms with E-state index in [2.05, 4.69) is 10.3 Å². The smallest absolute Gasteiger partial charge is 0.339 e. The number of aromatic nitrogens is 1. The quantitative estimate of drug-likeness (QED) is 0.377. The van der Waals surface area contributed by atoms with Gasteiger partial charge >= 0.3 is 5.97 Å². The van der Waals surface area contributed by atoms with Gasteiger partial charge < -0.3 is 14.8 Å². The number of esters is 1. The SMILES string of the molecule is CCC(OC(=O)c1ccccc1-c1nc2ccccc2s1)C(=O)Nc1ccc(OC)cc1. The first-order valence-corrected chi connectivity index (χ1v) is 11.0. The van der Waals surface area contributed by atoms with E-state index in [9.17, 15) is 9.59 Å². The number of hydrogen-bond donors (Lipinski definition) is 1. The van der Waals surface area contributed by atoms with Gasteiger partial charge in [-0.25, -0.2) is 9.78 Å². The number of fused-ring (bicyclic) bond motifs is 1. The maximum Gasteiger partial charge on any atom is 0.339 e. The van der Waals surface area contributed by atoms with Crippen LogP contribution in [0, 0.1) is 0 Å². The lowest BCUT2D eigenvalue weighted by Crippen LogP contribution is -2.32. The van der Waals surface area contributed by atoms with Gasteiger partial charge in [0.2, 0.25) is 0 Å². The highest BCUT2D eigenvalue weighted by Gasteiger charge is 2.24. The first kappa shape index (κ1) is 21.5. The van der Waals surface area contributed by atoms with Crippen molar-refractivity contribution < 1.29 is 19.1 Å². The minimum absolute atomic E-state index is 0.344. The summed E-state index contributed by atoms with van der Waals surface area (Å²) >= 11 is 1.51. The van der Waals surface area contributed by atoms with Crippen molar-refractivity contribution >= 4 is 39.1 Å². The molecule has 0 aliphatic rings. The average molecular weight is 447 g/mol. The number of benzene rings is 3. The third-order valence-corrected chi connectivity index (χ3v) is 6.01. The number of methoxy groups -OCH3 is 1. The predicted octanol–water partition coefficient (Wildman–Crippen LogP) is 5.55. The largest absolute Gasteiger partial charge is 0.497 e. The molecular formula is C25H22N2O4S. The molecule has 32 heavy (non-hydrogen) atoms. The van der Waals surface area contributed by atoms with E-state index in [0.717, 1.165) is 15.2 Å². The summed E-state index contributed by atoms with van der Waals surface area (Å²) < 4.78 is 11.8. The molecule has 7 heteroatoms. The maximum atomic E-state index is 13.0. The van der Waals surface area contributed by atoms with Crippen molar-refractivity contribution in [3.63, 3.8) is 0 Å². The molecule has 162 valence electrons. The van der Waals surface area contributed by atoms with Gasteiger partial charge in [0.25, 0.3) is 5.91 Å². The van der Waals surface area contributed by atoms with Gasteiger partial charge in [0.1, 0.15) is 10.8 Å². The Hall–Kier alpha value is -3.71. The van der Waals surface area contributed by atoms with Crippen LogP contribution in [0.4, 0.5) is 5.69 Å². The highest BCUT2D eigenvalue weighted by Crippen LogP contribution is 2.32. The molecule has 1 unspecified atom stereocenters. The van der Waals surface area contributed by atoms with Gasteiger partial charge in [-0.1, -0.05) is 37.3 Å². The molecule has 1 atom stereocenters. The Labute approximate surface area is 189 Å². The fourth-order valence-corrected chi connectivity index (χ4v) is 4.25. The van der Waals surface area contributed by atoms with E-state index in [0.29, 0.717) is 29.0 Å². The first-order chi connectivity index (χ1) is 15.6. The van der Waals surface area contributed by atoms with Crippen molar-refractivity contribution in [3.8, 4) is 16.3 Å². The number of para-hydroxylation sites is 1. The molecule has 0 aliphatic heterocycles. The first-order valence-electron chi connectivity index (χ1n) is 10.2. The summed E-state index contributed by atoms with van der Waals surface area (Å²) in [5.41, 5.74) is 2.53. The van der Waals surface area contributed by atoms with E-state index in [1.54, 1.807) is 50.4 Å². The number of thiazole rings is 1. The second kappa shape index (κ2) is 9.62. The lowest BCUT2D eigenvalue weighted by atomic mass is 10.1. The van der Waals surface area contributed by atoms with Crippen LogP contribution in [0.2, 0.25) is 0 Å². The third kappa shape index (κ3) is 4.63. The van der Waals surface area contributed by atoms with Gasteiger partial charge in [-0.05, 0) is 48.9 Å². The zero-order valence-electron chi connectivity index (χ0n) is 17.7. The number of anilines is 1. The Bertz CT molecular complexity index is 1220. The summed E-state index contributed by atoms with van der Waals surface area (Å²) in [6.07, 6.45) is -0.579. The number of amides is 1. The molecule has 1 aromatic heterocycles. The zero-order valence-corrected chi connectivity index (χ0v) is 18.5. The molecule has 0 bridgehead atoms. The highest BCUT2D eigenvalue weighted by atomic mass is 32.1. The number of carbonyl (C=O) groups is 2.